The Labute approximate surface area is 182 Å². The first-order chi connectivity index (χ1) is 15.0. The van der Waals surface area contributed by atoms with Crippen molar-refractivity contribution >= 4 is 0 Å². The highest BCUT2D eigenvalue weighted by atomic mass is 16.5. The summed E-state index contributed by atoms with van der Waals surface area (Å²) in [6, 6.07) is 25.6. The van der Waals surface area contributed by atoms with Crippen molar-refractivity contribution in [2.24, 2.45) is 0 Å². The number of para-hydroxylation sites is 2. The first kappa shape index (κ1) is 20.4. The molecule has 5 nitrogen and oxygen atoms in total. The van der Waals surface area contributed by atoms with Gasteiger partial charge in [-0.3, -0.25) is 0 Å². The average Bonchev–Trinajstić information content (AvgIpc) is 3.18. The molecule has 0 saturated carbocycles. The number of pyridine rings is 1. The summed E-state index contributed by atoms with van der Waals surface area (Å²) in [6.07, 6.45) is 2.23. The fraction of sp³-hybridized carbons (Fsp3) is 0.192. The Morgan fingerprint density at radius 3 is 2.45 bits per heavy atom. The molecule has 0 spiro atoms. The second kappa shape index (κ2) is 8.45. The summed E-state index contributed by atoms with van der Waals surface area (Å²) in [5.74, 6) is 1.34. The zero-order valence-corrected chi connectivity index (χ0v) is 17.9. The van der Waals surface area contributed by atoms with E-state index in [1.54, 1.807) is 10.9 Å². The van der Waals surface area contributed by atoms with Crippen LogP contribution in [0.15, 0.2) is 79.0 Å². The zero-order chi connectivity index (χ0) is 21.8. The van der Waals surface area contributed by atoms with E-state index >= 15 is 0 Å². The van der Waals surface area contributed by atoms with E-state index in [9.17, 15) is 5.26 Å². The predicted molar refractivity (Wildman–Crippen MR) is 121 cm³/mol. The molecule has 31 heavy (non-hydrogen) atoms. The highest BCUT2D eigenvalue weighted by Crippen LogP contribution is 2.34. The quantitative estimate of drug-likeness (QED) is 0.417. The Hall–Kier alpha value is -3.91. The fourth-order valence-electron chi connectivity index (χ4n) is 3.49. The van der Waals surface area contributed by atoms with Gasteiger partial charge in [0.1, 0.15) is 17.5 Å². The van der Waals surface area contributed by atoms with Gasteiger partial charge in [-0.1, -0.05) is 63.2 Å². The second-order valence-electron chi connectivity index (χ2n) is 8.37. The minimum Gasteiger partial charge on any atom is -0.438 e. The number of ether oxygens (including phenoxy) is 1. The van der Waals surface area contributed by atoms with Gasteiger partial charge in [-0.2, -0.15) is 10.4 Å². The molecule has 0 aliphatic carbocycles. The van der Waals surface area contributed by atoms with Gasteiger partial charge in [0.15, 0.2) is 0 Å². The lowest BCUT2D eigenvalue weighted by Gasteiger charge is -2.22. The molecule has 0 bridgehead atoms. The van der Waals surface area contributed by atoms with Crippen molar-refractivity contribution in [1.82, 2.24) is 14.8 Å². The molecule has 4 aromatic rings. The van der Waals surface area contributed by atoms with Gasteiger partial charge >= 0.3 is 0 Å². The van der Waals surface area contributed by atoms with Crippen LogP contribution in [0.1, 0.15) is 43.3 Å². The smallest absolute Gasteiger partial charge is 0.222 e. The molecule has 0 unspecified atom stereocenters. The van der Waals surface area contributed by atoms with Gasteiger partial charge in [-0.25, -0.2) is 9.67 Å². The van der Waals surface area contributed by atoms with Crippen LogP contribution in [-0.4, -0.2) is 14.8 Å². The van der Waals surface area contributed by atoms with Gasteiger partial charge in [-0.05, 0) is 35.7 Å². The number of nitriles is 1. The predicted octanol–water partition coefficient (Wildman–Crippen LogP) is 5.82. The van der Waals surface area contributed by atoms with Crippen LogP contribution in [0.2, 0.25) is 0 Å². The largest absolute Gasteiger partial charge is 0.438 e. The Bertz CT molecular complexity index is 1230. The van der Waals surface area contributed by atoms with Crippen molar-refractivity contribution in [3.8, 4) is 23.4 Å². The normalized spacial score (nSPS) is 11.2. The minimum atomic E-state index is -0.0539. The molecule has 0 radical (unpaired) electrons. The molecule has 0 aliphatic heterocycles. The number of aromatic nitrogens is 3. The van der Waals surface area contributed by atoms with Gasteiger partial charge < -0.3 is 4.74 Å². The molecule has 2 aromatic heterocycles. The summed E-state index contributed by atoms with van der Waals surface area (Å²) < 4.78 is 7.94. The SMILES string of the molecule is CC(C)(C)c1ccccc1Oc1ncccc1Cc1cc(C#N)n(-c2ccccc2)n1. The third-order valence-electron chi connectivity index (χ3n) is 5.00. The van der Waals surface area contributed by atoms with E-state index in [0.29, 0.717) is 18.0 Å². The van der Waals surface area contributed by atoms with E-state index in [0.717, 1.165) is 28.3 Å². The van der Waals surface area contributed by atoms with Crippen LogP contribution < -0.4 is 4.74 Å². The number of nitrogens with zero attached hydrogens (tertiary/aromatic N) is 4. The highest BCUT2D eigenvalue weighted by Gasteiger charge is 2.20. The minimum absolute atomic E-state index is 0.0539. The van der Waals surface area contributed by atoms with Crippen LogP contribution in [0.4, 0.5) is 0 Å². The van der Waals surface area contributed by atoms with E-state index in [-0.39, 0.29) is 5.41 Å². The molecule has 0 atom stereocenters. The van der Waals surface area contributed by atoms with Crippen LogP contribution >= 0.6 is 0 Å². The summed E-state index contributed by atoms with van der Waals surface area (Å²) in [5, 5.41) is 14.2. The first-order valence-corrected chi connectivity index (χ1v) is 10.2. The maximum Gasteiger partial charge on any atom is 0.222 e. The summed E-state index contributed by atoms with van der Waals surface area (Å²) in [4.78, 5) is 4.48. The Kier molecular flexibility index (Phi) is 5.55. The highest BCUT2D eigenvalue weighted by molar-refractivity contribution is 5.43. The van der Waals surface area contributed by atoms with Gasteiger partial charge in [0, 0.05) is 23.7 Å². The van der Waals surface area contributed by atoms with Crippen molar-refractivity contribution in [1.29, 1.82) is 5.26 Å². The van der Waals surface area contributed by atoms with Crippen LogP contribution in [0.25, 0.3) is 5.69 Å². The average molecular weight is 409 g/mol. The van der Waals surface area contributed by atoms with E-state index in [2.05, 4.69) is 43.0 Å². The first-order valence-electron chi connectivity index (χ1n) is 10.2. The molecule has 0 N–H and O–H groups in total. The van der Waals surface area contributed by atoms with Crippen molar-refractivity contribution in [3.63, 3.8) is 0 Å². The van der Waals surface area contributed by atoms with Crippen LogP contribution in [0.3, 0.4) is 0 Å². The summed E-state index contributed by atoms with van der Waals surface area (Å²) >= 11 is 0. The number of hydrogen-bond acceptors (Lipinski definition) is 4. The number of rotatable bonds is 5. The maximum absolute atomic E-state index is 9.57. The van der Waals surface area contributed by atoms with Gasteiger partial charge in [-0.15, -0.1) is 0 Å². The van der Waals surface area contributed by atoms with Crippen LogP contribution in [0, 0.1) is 11.3 Å². The lowest BCUT2D eigenvalue weighted by atomic mass is 9.86. The van der Waals surface area contributed by atoms with E-state index in [1.807, 2.05) is 66.7 Å². The standard InChI is InChI=1S/C26H24N4O/c1-26(2,3)23-13-7-8-14-24(23)31-25-19(10-9-15-28-25)16-20-17-22(18-27)30(29-20)21-11-5-4-6-12-21/h4-15,17H,16H2,1-3H3. The van der Waals surface area contributed by atoms with Crippen LogP contribution in [0.5, 0.6) is 11.6 Å². The van der Waals surface area contributed by atoms with Crippen molar-refractivity contribution in [2.45, 2.75) is 32.6 Å². The third-order valence-corrected chi connectivity index (χ3v) is 5.00. The van der Waals surface area contributed by atoms with Gasteiger partial charge in [0.25, 0.3) is 0 Å². The Morgan fingerprint density at radius 1 is 0.968 bits per heavy atom. The van der Waals surface area contributed by atoms with Gasteiger partial charge in [0.2, 0.25) is 5.88 Å². The molecule has 0 saturated heterocycles. The zero-order valence-electron chi connectivity index (χ0n) is 17.9. The number of hydrogen-bond donors (Lipinski definition) is 0. The Balaban J connectivity index is 1.66. The molecule has 4 rings (SSSR count). The maximum atomic E-state index is 9.57. The fourth-order valence-corrected chi connectivity index (χ4v) is 3.49. The Morgan fingerprint density at radius 2 is 1.71 bits per heavy atom. The molecule has 5 heteroatoms. The topological polar surface area (TPSA) is 63.7 Å². The van der Waals surface area contributed by atoms with E-state index in [4.69, 9.17) is 4.74 Å². The number of benzene rings is 2. The van der Waals surface area contributed by atoms with Crippen molar-refractivity contribution in [3.05, 3.63) is 102 Å². The summed E-state index contributed by atoms with van der Waals surface area (Å²) in [7, 11) is 0. The second-order valence-corrected chi connectivity index (χ2v) is 8.37. The van der Waals surface area contributed by atoms with Gasteiger partial charge in [0.05, 0.1) is 11.4 Å². The molecule has 0 amide bonds. The summed E-state index contributed by atoms with van der Waals surface area (Å²) in [6.45, 7) is 6.48. The van der Waals surface area contributed by atoms with E-state index in [1.165, 1.54) is 0 Å². The molecular formula is C26H24N4O. The molecular weight excluding hydrogens is 384 g/mol. The van der Waals surface area contributed by atoms with Crippen molar-refractivity contribution < 1.29 is 4.74 Å². The molecule has 2 aromatic carbocycles. The lowest BCUT2D eigenvalue weighted by Crippen LogP contribution is -2.12. The van der Waals surface area contributed by atoms with Crippen LogP contribution in [-0.2, 0) is 11.8 Å². The molecule has 2 heterocycles. The third kappa shape index (κ3) is 4.49. The van der Waals surface area contributed by atoms with Crippen molar-refractivity contribution in [2.75, 3.05) is 0 Å². The summed E-state index contributed by atoms with van der Waals surface area (Å²) in [5.41, 5.74) is 4.10. The molecule has 154 valence electrons. The lowest BCUT2D eigenvalue weighted by molar-refractivity contribution is 0.435. The monoisotopic (exact) mass is 408 g/mol. The van der Waals surface area contributed by atoms with E-state index < -0.39 is 0 Å². The molecule has 0 aliphatic rings. The molecule has 0 fully saturated rings.